The highest BCUT2D eigenvalue weighted by Gasteiger charge is 2.33. The average molecular weight is 460 g/mol. The van der Waals surface area contributed by atoms with Crippen LogP contribution in [0.4, 0.5) is 11.4 Å². The SMILES string of the molecule is COc1ccc(S(=O)(=O)NCc2ccc(N3CCOCC3)cc2)cc1N1C(=O)CCC1=O. The zero-order chi connectivity index (χ0) is 22.7. The highest BCUT2D eigenvalue weighted by atomic mass is 32.2. The summed E-state index contributed by atoms with van der Waals surface area (Å²) in [5, 5.41) is 0. The van der Waals surface area contributed by atoms with Crippen molar-refractivity contribution in [2.45, 2.75) is 24.3 Å². The van der Waals surface area contributed by atoms with Crippen LogP contribution in [0, 0.1) is 0 Å². The monoisotopic (exact) mass is 459 g/mol. The maximum absolute atomic E-state index is 12.9. The van der Waals surface area contributed by atoms with E-state index in [1.54, 1.807) is 0 Å². The number of anilines is 2. The van der Waals surface area contributed by atoms with Gasteiger partial charge in [0.1, 0.15) is 5.75 Å². The number of nitrogens with zero attached hydrogens (tertiary/aromatic N) is 2. The summed E-state index contributed by atoms with van der Waals surface area (Å²) in [6.07, 6.45) is 0.190. The highest BCUT2D eigenvalue weighted by molar-refractivity contribution is 7.89. The lowest BCUT2D eigenvalue weighted by atomic mass is 10.2. The standard InChI is InChI=1S/C22H25N3O6S/c1-30-20-7-6-18(14-19(20)25-21(26)8-9-22(25)27)32(28,29)23-15-16-2-4-17(5-3-16)24-10-12-31-13-11-24/h2-7,14,23H,8-13,15H2,1H3. The van der Waals surface area contributed by atoms with Gasteiger partial charge >= 0.3 is 0 Å². The summed E-state index contributed by atoms with van der Waals surface area (Å²) in [5.74, 6) is -0.501. The smallest absolute Gasteiger partial charge is 0.240 e. The van der Waals surface area contributed by atoms with E-state index < -0.39 is 10.0 Å². The Hall–Kier alpha value is -2.95. The molecule has 0 atom stereocenters. The first kappa shape index (κ1) is 22.3. The Balaban J connectivity index is 1.49. The van der Waals surface area contributed by atoms with Crippen molar-refractivity contribution in [2.24, 2.45) is 0 Å². The van der Waals surface area contributed by atoms with Gasteiger partial charge in [0.2, 0.25) is 21.8 Å². The van der Waals surface area contributed by atoms with Crippen molar-refractivity contribution in [1.82, 2.24) is 4.72 Å². The largest absolute Gasteiger partial charge is 0.495 e. The summed E-state index contributed by atoms with van der Waals surface area (Å²) < 4.78 is 39.0. The molecular weight excluding hydrogens is 434 g/mol. The molecule has 2 aliphatic rings. The van der Waals surface area contributed by atoms with Crippen LogP contribution in [0.3, 0.4) is 0 Å². The zero-order valence-electron chi connectivity index (χ0n) is 17.7. The summed E-state index contributed by atoms with van der Waals surface area (Å²) in [6, 6.07) is 11.8. The normalized spacial score (nSPS) is 17.2. The number of morpholine rings is 1. The van der Waals surface area contributed by atoms with Crippen molar-refractivity contribution in [2.75, 3.05) is 43.2 Å². The molecule has 0 unspecified atom stereocenters. The number of ether oxygens (including phenoxy) is 2. The van der Waals surface area contributed by atoms with E-state index in [4.69, 9.17) is 9.47 Å². The lowest BCUT2D eigenvalue weighted by Gasteiger charge is -2.28. The number of carbonyl (C=O) groups excluding carboxylic acids is 2. The zero-order valence-corrected chi connectivity index (χ0v) is 18.6. The van der Waals surface area contributed by atoms with Gasteiger partial charge in [-0.05, 0) is 35.9 Å². The predicted molar refractivity (Wildman–Crippen MR) is 118 cm³/mol. The van der Waals surface area contributed by atoms with Gasteiger partial charge in [0.15, 0.2) is 0 Å². The first-order valence-electron chi connectivity index (χ1n) is 10.3. The minimum Gasteiger partial charge on any atom is -0.495 e. The van der Waals surface area contributed by atoms with Crippen molar-refractivity contribution in [3.8, 4) is 5.75 Å². The number of hydrogen-bond donors (Lipinski definition) is 1. The maximum atomic E-state index is 12.9. The van der Waals surface area contributed by atoms with E-state index in [2.05, 4.69) is 9.62 Å². The third-order valence-electron chi connectivity index (χ3n) is 5.53. The van der Waals surface area contributed by atoms with Gasteiger partial charge in [-0.2, -0.15) is 0 Å². The molecule has 2 heterocycles. The van der Waals surface area contributed by atoms with Gasteiger partial charge in [0.05, 0.1) is 30.9 Å². The van der Waals surface area contributed by atoms with Crippen molar-refractivity contribution >= 4 is 33.2 Å². The number of carbonyl (C=O) groups is 2. The molecule has 0 bridgehead atoms. The Morgan fingerprint density at radius 1 is 1.00 bits per heavy atom. The van der Waals surface area contributed by atoms with Crippen LogP contribution in [-0.2, 0) is 30.9 Å². The first-order chi connectivity index (χ1) is 15.4. The molecule has 0 aromatic heterocycles. The van der Waals surface area contributed by atoms with E-state index in [0.717, 1.165) is 29.2 Å². The molecule has 1 N–H and O–H groups in total. The van der Waals surface area contributed by atoms with E-state index in [-0.39, 0.29) is 47.5 Å². The molecule has 9 nitrogen and oxygen atoms in total. The molecule has 2 saturated heterocycles. The van der Waals surface area contributed by atoms with Gasteiger partial charge < -0.3 is 14.4 Å². The second-order valence-electron chi connectivity index (χ2n) is 7.55. The molecule has 170 valence electrons. The quantitative estimate of drug-likeness (QED) is 0.628. The summed E-state index contributed by atoms with van der Waals surface area (Å²) in [4.78, 5) is 27.4. The average Bonchev–Trinajstić information content (AvgIpc) is 3.16. The molecule has 2 fully saturated rings. The number of rotatable bonds is 7. The van der Waals surface area contributed by atoms with Gasteiger partial charge in [-0.3, -0.25) is 9.59 Å². The Kier molecular flexibility index (Phi) is 6.45. The number of hydrogen-bond acceptors (Lipinski definition) is 7. The lowest BCUT2D eigenvalue weighted by Crippen LogP contribution is -2.36. The predicted octanol–water partition coefficient (Wildman–Crippen LogP) is 1.66. The van der Waals surface area contributed by atoms with E-state index in [1.807, 2.05) is 24.3 Å². The molecule has 2 aromatic rings. The number of amides is 2. The fourth-order valence-electron chi connectivity index (χ4n) is 3.76. The van der Waals surface area contributed by atoms with Crippen LogP contribution in [0.5, 0.6) is 5.75 Å². The third kappa shape index (κ3) is 4.62. The molecule has 2 amide bonds. The van der Waals surface area contributed by atoms with Crippen molar-refractivity contribution in [3.05, 3.63) is 48.0 Å². The summed E-state index contributed by atoms with van der Waals surface area (Å²) in [6.45, 7) is 3.15. The van der Waals surface area contributed by atoms with Crippen molar-refractivity contribution < 1.29 is 27.5 Å². The summed E-state index contributed by atoms with van der Waals surface area (Å²) in [7, 11) is -2.48. The van der Waals surface area contributed by atoms with E-state index in [1.165, 1.54) is 25.3 Å². The van der Waals surface area contributed by atoms with E-state index >= 15 is 0 Å². The van der Waals surface area contributed by atoms with Crippen LogP contribution < -0.4 is 19.3 Å². The summed E-state index contributed by atoms with van der Waals surface area (Å²) in [5.41, 5.74) is 2.02. The molecule has 0 aliphatic carbocycles. The number of benzene rings is 2. The van der Waals surface area contributed by atoms with Crippen LogP contribution in [0.15, 0.2) is 47.4 Å². The van der Waals surface area contributed by atoms with E-state index in [9.17, 15) is 18.0 Å². The van der Waals surface area contributed by atoms with Crippen molar-refractivity contribution in [1.29, 1.82) is 0 Å². The summed E-state index contributed by atoms with van der Waals surface area (Å²) >= 11 is 0. The Bertz CT molecular complexity index is 1090. The molecule has 0 spiro atoms. The lowest BCUT2D eigenvalue weighted by molar-refractivity contribution is -0.121. The number of imide groups is 1. The minimum absolute atomic E-state index is 0.0502. The maximum Gasteiger partial charge on any atom is 0.240 e. The molecular formula is C22H25N3O6S. The molecule has 2 aromatic carbocycles. The van der Waals surface area contributed by atoms with Crippen molar-refractivity contribution in [3.63, 3.8) is 0 Å². The third-order valence-corrected chi connectivity index (χ3v) is 6.93. The molecule has 0 saturated carbocycles. The Morgan fingerprint density at radius 2 is 1.66 bits per heavy atom. The first-order valence-corrected chi connectivity index (χ1v) is 11.8. The topological polar surface area (TPSA) is 105 Å². The molecule has 10 heteroatoms. The second kappa shape index (κ2) is 9.27. The Morgan fingerprint density at radius 3 is 2.28 bits per heavy atom. The molecule has 0 radical (unpaired) electrons. The number of methoxy groups -OCH3 is 1. The molecule has 4 rings (SSSR count). The molecule has 2 aliphatic heterocycles. The highest BCUT2D eigenvalue weighted by Crippen LogP contribution is 2.34. The fourth-order valence-corrected chi connectivity index (χ4v) is 4.80. The minimum atomic E-state index is -3.88. The van der Waals surface area contributed by atoms with Crippen LogP contribution >= 0.6 is 0 Å². The second-order valence-corrected chi connectivity index (χ2v) is 9.31. The Labute approximate surface area is 187 Å². The number of sulfonamides is 1. The fraction of sp³-hybridized carbons (Fsp3) is 0.364. The van der Waals surface area contributed by atoms with Gasteiger partial charge in [-0.1, -0.05) is 12.1 Å². The van der Waals surface area contributed by atoms with Gasteiger partial charge in [-0.15, -0.1) is 0 Å². The number of nitrogens with one attached hydrogen (secondary N) is 1. The van der Waals surface area contributed by atoms with Crippen LogP contribution in [0.1, 0.15) is 18.4 Å². The van der Waals surface area contributed by atoms with Gasteiger partial charge in [0.25, 0.3) is 0 Å². The van der Waals surface area contributed by atoms with Gasteiger partial charge in [-0.25, -0.2) is 18.0 Å². The van der Waals surface area contributed by atoms with Gasteiger partial charge in [0, 0.05) is 38.2 Å². The molecule has 32 heavy (non-hydrogen) atoms. The van der Waals surface area contributed by atoms with E-state index in [0.29, 0.717) is 13.2 Å². The van der Waals surface area contributed by atoms with Crippen LogP contribution in [0.25, 0.3) is 0 Å². The van der Waals surface area contributed by atoms with Crippen LogP contribution in [0.2, 0.25) is 0 Å². The van der Waals surface area contributed by atoms with Crippen LogP contribution in [-0.4, -0.2) is 53.6 Å².